The van der Waals surface area contributed by atoms with Crippen LogP contribution in [0.2, 0.25) is 0 Å². The lowest BCUT2D eigenvalue weighted by Crippen LogP contribution is -2.49. The third kappa shape index (κ3) is 4.81. The second-order valence-corrected chi connectivity index (χ2v) is 7.06. The molecule has 0 aromatic heterocycles. The zero-order valence-corrected chi connectivity index (χ0v) is 15.8. The lowest BCUT2D eigenvalue weighted by atomic mass is 9.93. The number of hydrogen-bond donors (Lipinski definition) is 2. The van der Waals surface area contributed by atoms with Crippen LogP contribution in [0.15, 0.2) is 30.3 Å². The van der Waals surface area contributed by atoms with Crippen LogP contribution in [0, 0.1) is 5.92 Å². The van der Waals surface area contributed by atoms with E-state index in [0.29, 0.717) is 6.42 Å². The summed E-state index contributed by atoms with van der Waals surface area (Å²) in [6.45, 7) is 4.93. The Labute approximate surface area is 151 Å². The largest absolute Gasteiger partial charge is 0.386 e. The van der Waals surface area contributed by atoms with Crippen molar-refractivity contribution in [2.24, 2.45) is 5.92 Å². The lowest BCUT2D eigenvalue weighted by molar-refractivity contribution is -0.132. The smallest absolute Gasteiger partial charge is 0.225 e. The topological polar surface area (TPSA) is 61.8 Å². The van der Waals surface area contributed by atoms with E-state index in [0.717, 1.165) is 24.9 Å². The van der Waals surface area contributed by atoms with Gasteiger partial charge in [0.15, 0.2) is 0 Å². The van der Waals surface area contributed by atoms with Gasteiger partial charge >= 0.3 is 0 Å². The van der Waals surface area contributed by atoms with E-state index in [1.165, 1.54) is 0 Å². The maximum Gasteiger partial charge on any atom is 0.225 e. The number of carbonyl (C=O) groups is 1. The lowest BCUT2D eigenvalue weighted by Gasteiger charge is -2.33. The Kier molecular flexibility index (Phi) is 7.41. The van der Waals surface area contributed by atoms with Gasteiger partial charge in [-0.25, -0.2) is 0 Å². The monoisotopic (exact) mass is 348 g/mol. The van der Waals surface area contributed by atoms with Crippen molar-refractivity contribution in [3.05, 3.63) is 35.9 Å². The summed E-state index contributed by atoms with van der Waals surface area (Å²) < 4.78 is 5.68. The number of hydrogen-bond acceptors (Lipinski definition) is 4. The number of aliphatic hydroxyl groups excluding tert-OH is 1. The number of aliphatic hydroxyl groups is 1. The molecule has 0 aliphatic carbocycles. The molecule has 0 bridgehead atoms. The minimum atomic E-state index is -0.711. The Morgan fingerprint density at radius 1 is 1.40 bits per heavy atom. The molecule has 0 saturated carbocycles. The molecule has 1 fully saturated rings. The molecule has 1 aromatic rings. The predicted molar refractivity (Wildman–Crippen MR) is 99.2 cm³/mol. The molecular weight excluding hydrogens is 316 g/mol. The van der Waals surface area contributed by atoms with Gasteiger partial charge in [0, 0.05) is 13.2 Å². The van der Waals surface area contributed by atoms with Crippen LogP contribution >= 0.6 is 0 Å². The number of nitrogens with one attached hydrogen (secondary N) is 1. The molecule has 0 radical (unpaired) electrons. The molecule has 1 amide bonds. The zero-order valence-electron chi connectivity index (χ0n) is 15.8. The van der Waals surface area contributed by atoms with Crippen molar-refractivity contribution >= 4 is 5.91 Å². The number of benzene rings is 1. The molecule has 1 aromatic carbocycles. The van der Waals surface area contributed by atoms with E-state index in [-0.39, 0.29) is 30.0 Å². The predicted octanol–water partition coefficient (Wildman–Crippen LogP) is 2.36. The van der Waals surface area contributed by atoms with Crippen LogP contribution < -0.4 is 5.32 Å². The van der Waals surface area contributed by atoms with Gasteiger partial charge < -0.3 is 20.1 Å². The SMILES string of the molecule is CCC(NC(=O)C(C)C(OC)[C@@H]1CCCN1C)C(O)c1ccccc1. The van der Waals surface area contributed by atoms with Crippen molar-refractivity contribution in [1.29, 1.82) is 0 Å². The van der Waals surface area contributed by atoms with Crippen LogP contribution in [-0.4, -0.2) is 54.8 Å². The molecule has 1 saturated heterocycles. The molecule has 140 valence electrons. The highest BCUT2D eigenvalue weighted by atomic mass is 16.5. The molecule has 1 aliphatic heterocycles. The molecule has 2 N–H and O–H groups in total. The maximum atomic E-state index is 12.8. The Balaban J connectivity index is 2.02. The summed E-state index contributed by atoms with van der Waals surface area (Å²) in [7, 11) is 3.76. The molecule has 25 heavy (non-hydrogen) atoms. The summed E-state index contributed by atoms with van der Waals surface area (Å²) in [6.07, 6.45) is 2.00. The van der Waals surface area contributed by atoms with E-state index in [2.05, 4.69) is 17.3 Å². The van der Waals surface area contributed by atoms with Crippen molar-refractivity contribution < 1.29 is 14.6 Å². The fourth-order valence-corrected chi connectivity index (χ4v) is 3.80. The number of amides is 1. The summed E-state index contributed by atoms with van der Waals surface area (Å²) >= 11 is 0. The normalized spacial score (nSPS) is 23.0. The minimum absolute atomic E-state index is 0.0611. The number of likely N-dealkylation sites (N-methyl/N-ethyl adjacent to an activating group) is 1. The zero-order chi connectivity index (χ0) is 18.4. The Hall–Kier alpha value is -1.43. The fourth-order valence-electron chi connectivity index (χ4n) is 3.80. The first kappa shape index (κ1) is 19.9. The van der Waals surface area contributed by atoms with Crippen LogP contribution in [0.4, 0.5) is 0 Å². The second kappa shape index (κ2) is 9.32. The average molecular weight is 348 g/mol. The molecule has 1 heterocycles. The van der Waals surface area contributed by atoms with Gasteiger partial charge in [0.2, 0.25) is 5.91 Å². The van der Waals surface area contributed by atoms with Crippen LogP contribution in [-0.2, 0) is 9.53 Å². The van der Waals surface area contributed by atoms with E-state index in [9.17, 15) is 9.90 Å². The van der Waals surface area contributed by atoms with Gasteiger partial charge in [0.1, 0.15) is 0 Å². The van der Waals surface area contributed by atoms with Gasteiger partial charge in [-0.2, -0.15) is 0 Å². The second-order valence-electron chi connectivity index (χ2n) is 7.06. The average Bonchev–Trinajstić information content (AvgIpc) is 3.06. The summed E-state index contributed by atoms with van der Waals surface area (Å²) in [5.41, 5.74) is 0.820. The summed E-state index contributed by atoms with van der Waals surface area (Å²) in [5, 5.41) is 13.6. The minimum Gasteiger partial charge on any atom is -0.386 e. The molecule has 2 rings (SSSR count). The quantitative estimate of drug-likeness (QED) is 0.757. The summed E-state index contributed by atoms with van der Waals surface area (Å²) in [5.74, 6) is -0.332. The standard InChI is InChI=1S/C20H32N2O3/c1-5-16(18(23)15-10-7-6-8-11-15)21-20(24)14(2)19(25-4)17-12-9-13-22(17)3/h6-8,10-11,14,16-19,23H,5,9,12-13H2,1-4H3,(H,21,24)/t14?,16?,17-,18?,19?/m0/s1. The van der Waals surface area contributed by atoms with Gasteiger partial charge in [0.05, 0.1) is 24.2 Å². The number of ether oxygens (including phenoxy) is 1. The van der Waals surface area contributed by atoms with Crippen molar-refractivity contribution in [2.45, 2.75) is 57.4 Å². The van der Waals surface area contributed by atoms with Crippen molar-refractivity contribution in [3.8, 4) is 0 Å². The van der Waals surface area contributed by atoms with E-state index in [1.807, 2.05) is 44.2 Å². The third-order valence-corrected chi connectivity index (χ3v) is 5.42. The summed E-state index contributed by atoms with van der Waals surface area (Å²) in [6, 6.07) is 9.43. The number of likely N-dealkylation sites (tertiary alicyclic amines) is 1. The van der Waals surface area contributed by atoms with Crippen molar-refractivity contribution in [3.63, 3.8) is 0 Å². The van der Waals surface area contributed by atoms with Gasteiger partial charge in [-0.05, 0) is 38.4 Å². The number of carbonyl (C=O) groups excluding carboxylic acids is 1. The Morgan fingerprint density at radius 2 is 2.08 bits per heavy atom. The van der Waals surface area contributed by atoms with Crippen molar-refractivity contribution in [2.75, 3.05) is 20.7 Å². The van der Waals surface area contributed by atoms with Gasteiger partial charge in [-0.3, -0.25) is 4.79 Å². The van der Waals surface area contributed by atoms with E-state index in [4.69, 9.17) is 4.74 Å². The molecule has 1 aliphatic rings. The summed E-state index contributed by atoms with van der Waals surface area (Å²) in [4.78, 5) is 15.1. The highest BCUT2D eigenvalue weighted by Gasteiger charge is 2.36. The highest BCUT2D eigenvalue weighted by Crippen LogP contribution is 2.25. The van der Waals surface area contributed by atoms with E-state index >= 15 is 0 Å². The molecular formula is C20H32N2O3. The Morgan fingerprint density at radius 3 is 2.60 bits per heavy atom. The van der Waals surface area contributed by atoms with Crippen LogP contribution in [0.5, 0.6) is 0 Å². The molecule has 5 nitrogen and oxygen atoms in total. The highest BCUT2D eigenvalue weighted by molar-refractivity contribution is 5.79. The molecule has 0 spiro atoms. The maximum absolute atomic E-state index is 12.8. The van der Waals surface area contributed by atoms with Crippen LogP contribution in [0.25, 0.3) is 0 Å². The number of rotatable bonds is 8. The van der Waals surface area contributed by atoms with E-state index in [1.54, 1.807) is 7.11 Å². The first-order valence-electron chi connectivity index (χ1n) is 9.26. The number of nitrogens with zero attached hydrogens (tertiary/aromatic N) is 1. The Bertz CT molecular complexity index is 537. The van der Waals surface area contributed by atoms with Gasteiger partial charge in [0.25, 0.3) is 0 Å². The fraction of sp³-hybridized carbons (Fsp3) is 0.650. The van der Waals surface area contributed by atoms with Crippen LogP contribution in [0.3, 0.4) is 0 Å². The molecule has 4 unspecified atom stereocenters. The first-order chi connectivity index (χ1) is 12.0. The molecule has 5 atom stereocenters. The van der Waals surface area contributed by atoms with Crippen molar-refractivity contribution in [1.82, 2.24) is 10.2 Å². The van der Waals surface area contributed by atoms with Gasteiger partial charge in [-0.1, -0.05) is 44.2 Å². The van der Waals surface area contributed by atoms with Crippen LogP contribution in [0.1, 0.15) is 44.8 Å². The first-order valence-corrected chi connectivity index (χ1v) is 9.26. The van der Waals surface area contributed by atoms with E-state index < -0.39 is 6.10 Å². The van der Waals surface area contributed by atoms with Gasteiger partial charge in [-0.15, -0.1) is 0 Å². The number of methoxy groups -OCH3 is 1. The third-order valence-electron chi connectivity index (χ3n) is 5.42. The molecule has 5 heteroatoms.